The SMILES string of the molecule is Cc1cc(-c2nc3c(s2)C(O)CC(C)(C)C3)ccc1F. The minimum atomic E-state index is -0.429. The summed E-state index contributed by atoms with van der Waals surface area (Å²) in [6.45, 7) is 6.06. The molecule has 0 amide bonds. The number of hydrogen-bond donors (Lipinski definition) is 1. The van der Waals surface area contributed by atoms with Crippen LogP contribution in [0, 0.1) is 18.2 Å². The lowest BCUT2D eigenvalue weighted by Crippen LogP contribution is -2.24. The molecule has 1 N–H and O–H groups in total. The molecule has 1 aliphatic carbocycles. The van der Waals surface area contributed by atoms with E-state index in [4.69, 9.17) is 0 Å². The van der Waals surface area contributed by atoms with Crippen molar-refractivity contribution in [2.75, 3.05) is 0 Å². The van der Waals surface area contributed by atoms with E-state index in [0.29, 0.717) is 5.56 Å². The number of benzene rings is 1. The number of aliphatic hydroxyl groups excluding tert-OH is 1. The maximum atomic E-state index is 13.3. The van der Waals surface area contributed by atoms with Gasteiger partial charge in [0.2, 0.25) is 0 Å². The molecule has 1 aromatic heterocycles. The molecule has 2 nitrogen and oxygen atoms in total. The van der Waals surface area contributed by atoms with Crippen LogP contribution in [-0.2, 0) is 6.42 Å². The van der Waals surface area contributed by atoms with E-state index in [0.717, 1.165) is 34.0 Å². The Bertz CT molecular complexity index is 662. The van der Waals surface area contributed by atoms with Crippen LogP contribution < -0.4 is 0 Å². The Kier molecular flexibility index (Phi) is 3.18. The Morgan fingerprint density at radius 3 is 2.85 bits per heavy atom. The molecule has 0 spiro atoms. The molecule has 1 aliphatic rings. The lowest BCUT2D eigenvalue weighted by Gasteiger charge is -2.31. The van der Waals surface area contributed by atoms with Gasteiger partial charge in [-0.05, 0) is 48.9 Å². The van der Waals surface area contributed by atoms with Crippen molar-refractivity contribution in [3.8, 4) is 10.6 Å². The van der Waals surface area contributed by atoms with Gasteiger partial charge in [-0.25, -0.2) is 9.37 Å². The zero-order valence-electron chi connectivity index (χ0n) is 11.9. The number of thiazole rings is 1. The molecule has 106 valence electrons. The number of rotatable bonds is 1. The van der Waals surface area contributed by atoms with Crippen molar-refractivity contribution in [1.29, 1.82) is 0 Å². The van der Waals surface area contributed by atoms with E-state index in [2.05, 4.69) is 18.8 Å². The van der Waals surface area contributed by atoms with Gasteiger partial charge in [0.25, 0.3) is 0 Å². The van der Waals surface area contributed by atoms with Gasteiger partial charge in [-0.15, -0.1) is 11.3 Å². The lowest BCUT2D eigenvalue weighted by atomic mass is 9.77. The second-order valence-electron chi connectivity index (χ2n) is 6.35. The first-order valence-electron chi connectivity index (χ1n) is 6.80. The molecule has 1 heterocycles. The van der Waals surface area contributed by atoms with Gasteiger partial charge in [-0.3, -0.25) is 0 Å². The third-order valence-electron chi connectivity index (χ3n) is 3.83. The summed E-state index contributed by atoms with van der Waals surface area (Å²) in [5.41, 5.74) is 2.62. The monoisotopic (exact) mass is 291 g/mol. The summed E-state index contributed by atoms with van der Waals surface area (Å²) < 4.78 is 13.3. The van der Waals surface area contributed by atoms with Crippen molar-refractivity contribution in [2.45, 2.75) is 39.7 Å². The van der Waals surface area contributed by atoms with Crippen molar-refractivity contribution in [3.63, 3.8) is 0 Å². The smallest absolute Gasteiger partial charge is 0.126 e. The predicted molar refractivity (Wildman–Crippen MR) is 79.3 cm³/mol. The normalized spacial score (nSPS) is 20.8. The summed E-state index contributed by atoms with van der Waals surface area (Å²) in [5, 5.41) is 11.1. The van der Waals surface area contributed by atoms with Gasteiger partial charge in [0.1, 0.15) is 10.8 Å². The van der Waals surface area contributed by atoms with E-state index in [9.17, 15) is 9.50 Å². The fourth-order valence-corrected chi connectivity index (χ4v) is 3.86. The molecule has 1 atom stereocenters. The zero-order chi connectivity index (χ0) is 14.5. The molecule has 0 radical (unpaired) electrons. The topological polar surface area (TPSA) is 33.1 Å². The van der Waals surface area contributed by atoms with Gasteiger partial charge in [0, 0.05) is 5.56 Å². The molecule has 3 rings (SSSR count). The van der Waals surface area contributed by atoms with E-state index in [-0.39, 0.29) is 11.2 Å². The van der Waals surface area contributed by atoms with Crippen LogP contribution >= 0.6 is 11.3 Å². The summed E-state index contributed by atoms with van der Waals surface area (Å²) >= 11 is 1.53. The quantitative estimate of drug-likeness (QED) is 0.851. The van der Waals surface area contributed by atoms with Gasteiger partial charge in [-0.2, -0.15) is 0 Å². The summed E-state index contributed by atoms with van der Waals surface area (Å²) in [5.74, 6) is -0.198. The molecule has 4 heteroatoms. The maximum absolute atomic E-state index is 13.3. The average molecular weight is 291 g/mol. The largest absolute Gasteiger partial charge is 0.387 e. The van der Waals surface area contributed by atoms with Crippen molar-refractivity contribution >= 4 is 11.3 Å². The molecular formula is C16H18FNOS. The molecule has 20 heavy (non-hydrogen) atoms. The van der Waals surface area contributed by atoms with Crippen LogP contribution in [0.25, 0.3) is 10.6 Å². The van der Waals surface area contributed by atoms with Crippen LogP contribution in [0.5, 0.6) is 0 Å². The third kappa shape index (κ3) is 2.38. The maximum Gasteiger partial charge on any atom is 0.126 e. The van der Waals surface area contributed by atoms with Crippen molar-refractivity contribution in [1.82, 2.24) is 4.98 Å². The Morgan fingerprint density at radius 1 is 1.40 bits per heavy atom. The zero-order valence-corrected chi connectivity index (χ0v) is 12.7. The van der Waals surface area contributed by atoms with Crippen molar-refractivity contribution < 1.29 is 9.50 Å². The van der Waals surface area contributed by atoms with E-state index in [1.54, 1.807) is 13.0 Å². The average Bonchev–Trinajstić information content (AvgIpc) is 2.75. The number of fused-ring (bicyclic) bond motifs is 1. The highest BCUT2D eigenvalue weighted by Crippen LogP contribution is 2.44. The number of nitrogens with zero attached hydrogens (tertiary/aromatic N) is 1. The summed E-state index contributed by atoms with van der Waals surface area (Å²) in [4.78, 5) is 5.65. The van der Waals surface area contributed by atoms with Crippen LogP contribution in [-0.4, -0.2) is 10.1 Å². The molecule has 2 aromatic rings. The summed E-state index contributed by atoms with van der Waals surface area (Å²) in [7, 11) is 0. The fourth-order valence-electron chi connectivity index (χ4n) is 2.79. The van der Waals surface area contributed by atoms with Crippen LogP contribution in [0.4, 0.5) is 4.39 Å². The second-order valence-corrected chi connectivity index (χ2v) is 7.39. The highest BCUT2D eigenvalue weighted by Gasteiger charge is 2.34. The fraction of sp³-hybridized carbons (Fsp3) is 0.438. The van der Waals surface area contributed by atoms with E-state index in [1.165, 1.54) is 17.4 Å². The number of aromatic nitrogens is 1. The summed E-state index contributed by atoms with van der Waals surface area (Å²) in [6, 6.07) is 5.05. The molecule has 0 fully saturated rings. The van der Waals surface area contributed by atoms with Gasteiger partial charge in [0.15, 0.2) is 0 Å². The van der Waals surface area contributed by atoms with E-state index in [1.807, 2.05) is 6.07 Å². The lowest BCUT2D eigenvalue weighted by molar-refractivity contribution is 0.102. The minimum absolute atomic E-state index is 0.0798. The second kappa shape index (κ2) is 4.64. The van der Waals surface area contributed by atoms with Crippen LogP contribution in [0.2, 0.25) is 0 Å². The molecule has 0 saturated heterocycles. The molecular weight excluding hydrogens is 273 g/mol. The Balaban J connectivity index is 2.03. The van der Waals surface area contributed by atoms with Gasteiger partial charge >= 0.3 is 0 Å². The molecule has 0 aliphatic heterocycles. The number of aliphatic hydroxyl groups is 1. The molecule has 1 unspecified atom stereocenters. The van der Waals surface area contributed by atoms with Gasteiger partial charge < -0.3 is 5.11 Å². The molecule has 0 saturated carbocycles. The highest BCUT2D eigenvalue weighted by atomic mass is 32.1. The Morgan fingerprint density at radius 2 is 2.15 bits per heavy atom. The Hall–Kier alpha value is -1.26. The van der Waals surface area contributed by atoms with Crippen molar-refractivity contribution in [2.24, 2.45) is 5.41 Å². The third-order valence-corrected chi connectivity index (χ3v) is 5.07. The van der Waals surface area contributed by atoms with Gasteiger partial charge in [0.05, 0.1) is 16.7 Å². The minimum Gasteiger partial charge on any atom is -0.387 e. The molecule has 0 bridgehead atoms. The predicted octanol–water partition coefficient (Wildman–Crippen LogP) is 4.26. The number of halogens is 1. The number of aryl methyl sites for hydroxylation is 1. The van der Waals surface area contributed by atoms with E-state index >= 15 is 0 Å². The molecule has 1 aromatic carbocycles. The first-order chi connectivity index (χ1) is 9.35. The van der Waals surface area contributed by atoms with Crippen LogP contribution in [0.15, 0.2) is 18.2 Å². The number of hydrogen-bond acceptors (Lipinski definition) is 3. The van der Waals surface area contributed by atoms with Crippen LogP contribution in [0.3, 0.4) is 0 Å². The van der Waals surface area contributed by atoms with Crippen molar-refractivity contribution in [3.05, 3.63) is 40.2 Å². The van der Waals surface area contributed by atoms with Crippen LogP contribution in [0.1, 0.15) is 42.5 Å². The first kappa shape index (κ1) is 13.7. The standard InChI is InChI=1S/C16H18FNOS/c1-9-6-10(4-5-11(9)17)15-18-12-7-16(2,3)8-13(19)14(12)20-15/h4-6,13,19H,7-8H2,1-3H3. The van der Waals surface area contributed by atoms with E-state index < -0.39 is 6.10 Å². The Labute approximate surface area is 122 Å². The first-order valence-corrected chi connectivity index (χ1v) is 7.61. The summed E-state index contributed by atoms with van der Waals surface area (Å²) in [6.07, 6.45) is 1.22. The highest BCUT2D eigenvalue weighted by molar-refractivity contribution is 7.15. The van der Waals surface area contributed by atoms with Gasteiger partial charge in [-0.1, -0.05) is 13.8 Å².